The van der Waals surface area contributed by atoms with Gasteiger partial charge in [-0.2, -0.15) is 4.57 Å². The van der Waals surface area contributed by atoms with Crippen molar-refractivity contribution >= 4 is 56.2 Å². The van der Waals surface area contributed by atoms with Crippen LogP contribution in [0.2, 0.25) is 0 Å². The van der Waals surface area contributed by atoms with Gasteiger partial charge in [-0.1, -0.05) is 77.7 Å². The third-order valence-electron chi connectivity index (χ3n) is 6.58. The van der Waals surface area contributed by atoms with Crippen LogP contribution in [-0.2, 0) is 6.54 Å². The van der Waals surface area contributed by atoms with Crippen molar-refractivity contribution in [2.45, 2.75) is 25.3 Å². The van der Waals surface area contributed by atoms with Crippen LogP contribution in [-0.4, -0.2) is 6.54 Å². The Morgan fingerprint density at radius 1 is 0.833 bits per heavy atom. The van der Waals surface area contributed by atoms with Gasteiger partial charge in [0.25, 0.3) is 5.01 Å². The summed E-state index contributed by atoms with van der Waals surface area (Å²) in [5.74, 6) is 0. The number of thiazole rings is 1. The summed E-state index contributed by atoms with van der Waals surface area (Å²) in [5, 5.41) is 2.57. The lowest BCUT2D eigenvalue weighted by atomic mass is 10.0. The second-order valence-corrected chi connectivity index (χ2v) is 10.7. The largest absolute Gasteiger partial charge is 1.00 e. The molecule has 0 spiro atoms. The average Bonchev–Trinajstić information content (AvgIpc) is 3.56. The van der Waals surface area contributed by atoms with Gasteiger partial charge < -0.3 is 28.9 Å². The van der Waals surface area contributed by atoms with Gasteiger partial charge in [-0.15, -0.1) is 0 Å². The summed E-state index contributed by atoms with van der Waals surface area (Å²) in [6.45, 7) is 6.36. The van der Waals surface area contributed by atoms with Gasteiger partial charge in [0.2, 0.25) is 5.52 Å². The Morgan fingerprint density at radius 2 is 1.58 bits per heavy atom. The van der Waals surface area contributed by atoms with Crippen molar-refractivity contribution in [2.24, 2.45) is 0 Å². The van der Waals surface area contributed by atoms with Crippen LogP contribution in [0.1, 0.15) is 30.0 Å². The molecule has 2 nitrogen and oxygen atoms in total. The Kier molecular flexibility index (Phi) is 7.51. The molecule has 5 heteroatoms. The number of para-hydroxylation sites is 2. The van der Waals surface area contributed by atoms with E-state index in [1.54, 1.807) is 0 Å². The third kappa shape index (κ3) is 4.49. The van der Waals surface area contributed by atoms with Gasteiger partial charge in [0, 0.05) is 23.6 Å². The van der Waals surface area contributed by atoms with E-state index in [9.17, 15) is 0 Å². The molecular weight excluding hydrogens is 591 g/mol. The predicted molar refractivity (Wildman–Crippen MR) is 153 cm³/mol. The summed E-state index contributed by atoms with van der Waals surface area (Å²) in [7, 11) is 0. The molecule has 180 valence electrons. The van der Waals surface area contributed by atoms with Gasteiger partial charge in [-0.05, 0) is 72.5 Å². The number of benzene rings is 3. The summed E-state index contributed by atoms with van der Waals surface area (Å²) in [5.41, 5.74) is 7.74. The van der Waals surface area contributed by atoms with Crippen molar-refractivity contribution in [2.75, 3.05) is 11.4 Å². The Labute approximate surface area is 238 Å². The SMILES string of the molecule is CCN1/C(=C/C=C2/C=C(\C=C\c3sc4ccccc4[n+]3CC)c3ccccc32)Sc2ccccc21.[I-]. The van der Waals surface area contributed by atoms with Gasteiger partial charge in [0.15, 0.2) is 0 Å². The summed E-state index contributed by atoms with van der Waals surface area (Å²) >= 11 is 3.71. The monoisotopic (exact) mass is 618 g/mol. The molecule has 36 heavy (non-hydrogen) atoms. The van der Waals surface area contributed by atoms with E-state index in [2.05, 4.69) is 126 Å². The first kappa shape index (κ1) is 25.1. The molecule has 0 N–H and O–H groups in total. The number of allylic oxidation sites excluding steroid dienone is 6. The van der Waals surface area contributed by atoms with E-state index in [-0.39, 0.29) is 24.0 Å². The van der Waals surface area contributed by atoms with Crippen molar-refractivity contribution in [1.29, 1.82) is 0 Å². The summed E-state index contributed by atoms with van der Waals surface area (Å²) < 4.78 is 3.73. The molecule has 0 saturated heterocycles. The van der Waals surface area contributed by atoms with Crippen LogP contribution in [0.15, 0.2) is 107 Å². The minimum atomic E-state index is 0. The fourth-order valence-corrected chi connectivity index (χ4v) is 7.17. The lowest BCUT2D eigenvalue weighted by Crippen LogP contribution is -3.00. The third-order valence-corrected chi connectivity index (χ3v) is 8.84. The lowest BCUT2D eigenvalue weighted by Gasteiger charge is -2.17. The van der Waals surface area contributed by atoms with Crippen LogP contribution >= 0.6 is 23.1 Å². The Balaban J connectivity index is 0.00000267. The fourth-order valence-electron chi connectivity index (χ4n) is 4.91. The van der Waals surface area contributed by atoms with Gasteiger partial charge in [-0.3, -0.25) is 0 Å². The highest BCUT2D eigenvalue weighted by atomic mass is 127. The number of aryl methyl sites for hydroxylation is 1. The molecule has 1 aliphatic carbocycles. The van der Waals surface area contributed by atoms with Gasteiger partial charge in [-0.25, -0.2) is 0 Å². The van der Waals surface area contributed by atoms with E-state index in [1.165, 1.54) is 53.1 Å². The van der Waals surface area contributed by atoms with Crippen LogP contribution in [0.25, 0.3) is 27.4 Å². The first-order chi connectivity index (χ1) is 17.3. The number of thioether (sulfide) groups is 1. The number of rotatable bonds is 5. The first-order valence-electron chi connectivity index (χ1n) is 12.1. The molecule has 0 fully saturated rings. The zero-order chi connectivity index (χ0) is 23.8. The Hall–Kier alpha value is -2.61. The zero-order valence-corrected chi connectivity index (χ0v) is 24.1. The van der Waals surface area contributed by atoms with E-state index >= 15 is 0 Å². The number of hydrogen-bond donors (Lipinski definition) is 0. The Bertz CT molecular complexity index is 1560. The van der Waals surface area contributed by atoms with Gasteiger partial charge in [0.05, 0.1) is 10.7 Å². The maximum Gasteiger partial charge on any atom is 0.262 e. The van der Waals surface area contributed by atoms with E-state index in [0.29, 0.717) is 0 Å². The van der Waals surface area contributed by atoms with E-state index in [4.69, 9.17) is 0 Å². The lowest BCUT2D eigenvalue weighted by molar-refractivity contribution is -0.665. The normalized spacial score (nSPS) is 16.6. The predicted octanol–water partition coefficient (Wildman–Crippen LogP) is 5.18. The molecule has 3 aromatic carbocycles. The second kappa shape index (κ2) is 10.8. The number of nitrogens with zero attached hydrogens (tertiary/aromatic N) is 2. The highest BCUT2D eigenvalue weighted by molar-refractivity contribution is 8.03. The highest BCUT2D eigenvalue weighted by Gasteiger charge is 2.23. The van der Waals surface area contributed by atoms with Crippen LogP contribution < -0.4 is 33.4 Å². The molecule has 0 atom stereocenters. The fraction of sp³-hybridized carbons (Fsp3) is 0.129. The minimum Gasteiger partial charge on any atom is -1.00 e. The number of hydrogen-bond acceptors (Lipinski definition) is 3. The standard InChI is InChI=1S/C31H27N2S2.HI/c1-3-32-26-13-7-9-15-28(26)34-30(32)19-17-22-21-23(25-12-6-5-11-24(22)25)18-20-31-33(4-2)27-14-8-10-16-29(27)35-31;/h5-21H,3-4H2,1-2H3;1H/q+1;/p-1. The topological polar surface area (TPSA) is 7.12 Å². The average molecular weight is 619 g/mol. The van der Waals surface area contributed by atoms with Crippen molar-refractivity contribution in [3.63, 3.8) is 0 Å². The molecule has 0 bridgehead atoms. The number of anilines is 1. The zero-order valence-electron chi connectivity index (χ0n) is 20.3. The molecule has 0 radical (unpaired) electrons. The number of aromatic nitrogens is 1. The van der Waals surface area contributed by atoms with Crippen LogP contribution in [0, 0.1) is 0 Å². The quantitative estimate of drug-likeness (QED) is 0.225. The smallest absolute Gasteiger partial charge is 0.262 e. The molecule has 2 aliphatic rings. The number of halogens is 1. The molecular formula is C31H27IN2S2. The summed E-state index contributed by atoms with van der Waals surface area (Å²) in [6, 6.07) is 26.1. The molecule has 0 unspecified atom stereocenters. The molecule has 2 heterocycles. The van der Waals surface area contributed by atoms with Gasteiger partial charge in [0.1, 0.15) is 11.2 Å². The summed E-state index contributed by atoms with van der Waals surface area (Å²) in [4.78, 5) is 3.73. The Morgan fingerprint density at radius 3 is 2.42 bits per heavy atom. The maximum absolute atomic E-state index is 2.40. The van der Waals surface area contributed by atoms with Gasteiger partial charge >= 0.3 is 0 Å². The number of fused-ring (bicyclic) bond motifs is 3. The van der Waals surface area contributed by atoms with E-state index in [1.807, 2.05) is 23.1 Å². The minimum absolute atomic E-state index is 0. The van der Waals surface area contributed by atoms with Crippen molar-refractivity contribution < 1.29 is 28.5 Å². The molecule has 1 aliphatic heterocycles. The molecule has 1 aromatic heterocycles. The van der Waals surface area contributed by atoms with Crippen molar-refractivity contribution in [3.8, 4) is 0 Å². The van der Waals surface area contributed by atoms with Crippen molar-refractivity contribution in [3.05, 3.63) is 118 Å². The highest BCUT2D eigenvalue weighted by Crippen LogP contribution is 2.46. The van der Waals surface area contributed by atoms with E-state index < -0.39 is 0 Å². The summed E-state index contributed by atoms with van der Waals surface area (Å²) in [6.07, 6.45) is 11.4. The maximum atomic E-state index is 2.40. The molecule has 6 rings (SSSR count). The van der Waals surface area contributed by atoms with Crippen LogP contribution in [0.5, 0.6) is 0 Å². The molecule has 0 saturated carbocycles. The van der Waals surface area contributed by atoms with Crippen LogP contribution in [0.3, 0.4) is 0 Å². The van der Waals surface area contributed by atoms with Crippen LogP contribution in [0.4, 0.5) is 5.69 Å². The van der Waals surface area contributed by atoms with E-state index in [0.717, 1.165) is 13.1 Å². The molecule has 4 aromatic rings. The van der Waals surface area contributed by atoms with Crippen molar-refractivity contribution in [1.82, 2.24) is 0 Å². The molecule has 0 amide bonds. The second-order valence-electron chi connectivity index (χ2n) is 8.57. The first-order valence-corrected chi connectivity index (χ1v) is 13.8.